The van der Waals surface area contributed by atoms with E-state index in [1.54, 1.807) is 11.3 Å². The molecular formula is C51H32N2OS. The summed E-state index contributed by atoms with van der Waals surface area (Å²) in [5, 5.41) is 8.16. The Bertz CT molecular complexity index is 3140. The SMILES string of the molecule is c1ccc(-c2ccccc2-c2cccc(N(c3ccc(-c4nc5c6ccccc6c6ccccc6c5s4)cc3)c3ccc4oc5ccccc5c4c3)c2)cc1. The molecule has 0 saturated carbocycles. The third-order valence-electron chi connectivity index (χ3n) is 10.7. The number of thiazole rings is 1. The predicted octanol–water partition coefficient (Wildman–Crippen LogP) is 15.0. The van der Waals surface area contributed by atoms with Crippen LogP contribution in [0.5, 0.6) is 0 Å². The molecule has 0 bridgehead atoms. The number of hydrogen-bond acceptors (Lipinski definition) is 4. The number of anilines is 3. The molecule has 0 fully saturated rings. The molecule has 0 radical (unpaired) electrons. The molecule has 258 valence electrons. The van der Waals surface area contributed by atoms with Gasteiger partial charge in [0.15, 0.2) is 0 Å². The molecule has 0 aliphatic carbocycles. The number of para-hydroxylation sites is 1. The van der Waals surface area contributed by atoms with Crippen molar-refractivity contribution in [3.63, 3.8) is 0 Å². The van der Waals surface area contributed by atoms with Crippen LogP contribution in [0.25, 0.3) is 86.5 Å². The first-order chi connectivity index (χ1) is 27.3. The van der Waals surface area contributed by atoms with E-state index in [1.165, 1.54) is 42.9 Å². The maximum atomic E-state index is 6.25. The molecular weight excluding hydrogens is 689 g/mol. The van der Waals surface area contributed by atoms with E-state index in [0.29, 0.717) is 0 Å². The standard InChI is InChI=1S/C51H32N2OS/c1-2-13-33(14-3-1)39-17-4-5-18-40(39)35-15-12-16-37(31-35)53(38-29-30-48-46(32-38)43-21-10-11-24-47(43)54-48)36-27-25-34(26-28-36)51-52-49-44-22-8-6-19-41(44)42-20-7-9-23-45(42)50(49)55-51/h1-32H. The van der Waals surface area contributed by atoms with Gasteiger partial charge in [0.1, 0.15) is 16.2 Å². The maximum absolute atomic E-state index is 6.25. The number of benzene rings is 9. The zero-order valence-electron chi connectivity index (χ0n) is 29.7. The average Bonchev–Trinajstić information content (AvgIpc) is 3.88. The smallest absolute Gasteiger partial charge is 0.135 e. The van der Waals surface area contributed by atoms with Gasteiger partial charge >= 0.3 is 0 Å². The van der Waals surface area contributed by atoms with Gasteiger partial charge in [-0.15, -0.1) is 11.3 Å². The van der Waals surface area contributed by atoms with E-state index < -0.39 is 0 Å². The minimum Gasteiger partial charge on any atom is -0.456 e. The van der Waals surface area contributed by atoms with Crippen molar-refractivity contribution in [1.29, 1.82) is 0 Å². The maximum Gasteiger partial charge on any atom is 0.135 e. The van der Waals surface area contributed by atoms with E-state index in [1.807, 2.05) is 12.1 Å². The summed E-state index contributed by atoms with van der Waals surface area (Å²) in [5.41, 5.74) is 11.9. The fraction of sp³-hybridized carbons (Fsp3) is 0. The second-order valence-corrected chi connectivity index (χ2v) is 14.9. The first-order valence-corrected chi connectivity index (χ1v) is 19.4. The van der Waals surface area contributed by atoms with E-state index in [9.17, 15) is 0 Å². The lowest BCUT2D eigenvalue weighted by molar-refractivity contribution is 0.669. The van der Waals surface area contributed by atoms with E-state index in [4.69, 9.17) is 9.40 Å². The van der Waals surface area contributed by atoms with Gasteiger partial charge in [0.25, 0.3) is 0 Å². The topological polar surface area (TPSA) is 29.3 Å². The van der Waals surface area contributed by atoms with Crippen molar-refractivity contribution in [3.05, 3.63) is 194 Å². The van der Waals surface area contributed by atoms with Crippen LogP contribution in [0.15, 0.2) is 199 Å². The Balaban J connectivity index is 1.06. The highest BCUT2D eigenvalue weighted by molar-refractivity contribution is 7.22. The van der Waals surface area contributed by atoms with Gasteiger partial charge in [-0.25, -0.2) is 4.98 Å². The predicted molar refractivity (Wildman–Crippen MR) is 233 cm³/mol. The highest BCUT2D eigenvalue weighted by Crippen LogP contribution is 2.44. The highest BCUT2D eigenvalue weighted by Gasteiger charge is 2.19. The van der Waals surface area contributed by atoms with Crippen molar-refractivity contribution in [1.82, 2.24) is 4.98 Å². The van der Waals surface area contributed by atoms with Crippen LogP contribution in [0.4, 0.5) is 17.1 Å². The minimum absolute atomic E-state index is 0.877. The van der Waals surface area contributed by atoms with E-state index >= 15 is 0 Å². The molecule has 0 amide bonds. The Kier molecular flexibility index (Phi) is 7.35. The minimum atomic E-state index is 0.877. The van der Waals surface area contributed by atoms with Crippen molar-refractivity contribution < 1.29 is 4.42 Å². The summed E-state index contributed by atoms with van der Waals surface area (Å²) in [7, 11) is 0. The molecule has 0 aliphatic rings. The molecule has 9 aromatic carbocycles. The summed E-state index contributed by atoms with van der Waals surface area (Å²) < 4.78 is 7.47. The zero-order valence-corrected chi connectivity index (χ0v) is 30.5. The number of hydrogen-bond donors (Lipinski definition) is 0. The lowest BCUT2D eigenvalue weighted by Gasteiger charge is -2.26. The lowest BCUT2D eigenvalue weighted by Crippen LogP contribution is -2.10. The Labute approximate surface area is 322 Å². The lowest BCUT2D eigenvalue weighted by atomic mass is 9.94. The quantitative estimate of drug-likeness (QED) is 0.160. The summed E-state index contributed by atoms with van der Waals surface area (Å²) in [4.78, 5) is 7.63. The van der Waals surface area contributed by atoms with Crippen LogP contribution in [0.2, 0.25) is 0 Å². The Morgan fingerprint density at radius 1 is 0.382 bits per heavy atom. The van der Waals surface area contributed by atoms with Crippen molar-refractivity contribution >= 4 is 82.1 Å². The number of fused-ring (bicyclic) bond motifs is 9. The fourth-order valence-electron chi connectivity index (χ4n) is 8.12. The van der Waals surface area contributed by atoms with Crippen LogP contribution in [0.1, 0.15) is 0 Å². The van der Waals surface area contributed by atoms with Gasteiger partial charge < -0.3 is 9.32 Å². The van der Waals surface area contributed by atoms with Crippen molar-refractivity contribution in [2.45, 2.75) is 0 Å². The number of furan rings is 1. The van der Waals surface area contributed by atoms with Crippen molar-refractivity contribution in [2.24, 2.45) is 0 Å². The molecule has 11 aromatic rings. The third kappa shape index (κ3) is 5.30. The highest BCUT2D eigenvalue weighted by atomic mass is 32.1. The molecule has 2 heterocycles. The average molecular weight is 721 g/mol. The van der Waals surface area contributed by atoms with Gasteiger partial charge in [0.2, 0.25) is 0 Å². The molecule has 0 saturated heterocycles. The monoisotopic (exact) mass is 720 g/mol. The molecule has 11 rings (SSSR count). The zero-order chi connectivity index (χ0) is 36.3. The molecule has 2 aromatic heterocycles. The van der Waals surface area contributed by atoms with Gasteiger partial charge in [-0.1, -0.05) is 133 Å². The molecule has 4 heteroatoms. The Hall–Kier alpha value is -7.01. The third-order valence-corrected chi connectivity index (χ3v) is 11.8. The summed E-state index contributed by atoms with van der Waals surface area (Å²) >= 11 is 1.77. The van der Waals surface area contributed by atoms with E-state index in [-0.39, 0.29) is 0 Å². The second kappa shape index (κ2) is 12.8. The molecule has 0 aliphatic heterocycles. The molecule has 55 heavy (non-hydrogen) atoms. The van der Waals surface area contributed by atoms with Crippen LogP contribution in [0, 0.1) is 0 Å². The molecule has 3 nitrogen and oxygen atoms in total. The van der Waals surface area contributed by atoms with Gasteiger partial charge in [0, 0.05) is 44.2 Å². The summed E-state index contributed by atoms with van der Waals surface area (Å²) in [5.74, 6) is 0. The van der Waals surface area contributed by atoms with Gasteiger partial charge in [0.05, 0.1) is 10.2 Å². The number of rotatable bonds is 6. The number of aromatic nitrogens is 1. The largest absolute Gasteiger partial charge is 0.456 e. The number of nitrogens with zero attached hydrogens (tertiary/aromatic N) is 2. The molecule has 0 N–H and O–H groups in total. The van der Waals surface area contributed by atoms with Crippen LogP contribution >= 0.6 is 11.3 Å². The Morgan fingerprint density at radius 2 is 0.964 bits per heavy atom. The summed E-state index contributed by atoms with van der Waals surface area (Å²) in [6, 6.07) is 69.1. The summed E-state index contributed by atoms with van der Waals surface area (Å²) in [6.07, 6.45) is 0. The van der Waals surface area contributed by atoms with E-state index in [0.717, 1.165) is 60.7 Å². The van der Waals surface area contributed by atoms with Crippen LogP contribution < -0.4 is 4.90 Å². The van der Waals surface area contributed by atoms with Crippen LogP contribution in [-0.4, -0.2) is 4.98 Å². The molecule has 0 spiro atoms. The molecule has 0 atom stereocenters. The van der Waals surface area contributed by atoms with Crippen molar-refractivity contribution in [2.75, 3.05) is 4.90 Å². The van der Waals surface area contributed by atoms with Crippen LogP contribution in [0.3, 0.4) is 0 Å². The first kappa shape index (κ1) is 31.5. The Morgan fingerprint density at radius 3 is 1.76 bits per heavy atom. The second-order valence-electron chi connectivity index (χ2n) is 13.9. The fourth-order valence-corrected chi connectivity index (χ4v) is 9.24. The van der Waals surface area contributed by atoms with Crippen molar-refractivity contribution in [3.8, 4) is 32.8 Å². The van der Waals surface area contributed by atoms with E-state index in [2.05, 4.69) is 187 Å². The van der Waals surface area contributed by atoms with Crippen LogP contribution in [-0.2, 0) is 0 Å². The van der Waals surface area contributed by atoms with Gasteiger partial charge in [-0.2, -0.15) is 0 Å². The van der Waals surface area contributed by atoms with Gasteiger partial charge in [-0.3, -0.25) is 0 Å². The first-order valence-electron chi connectivity index (χ1n) is 18.5. The normalized spacial score (nSPS) is 11.6. The summed E-state index contributed by atoms with van der Waals surface area (Å²) in [6.45, 7) is 0. The van der Waals surface area contributed by atoms with Gasteiger partial charge in [-0.05, 0) is 93.7 Å². The molecule has 0 unspecified atom stereocenters.